The Labute approximate surface area is 131 Å². The number of aromatic nitrogens is 3. The van der Waals surface area contributed by atoms with Gasteiger partial charge in [0.15, 0.2) is 0 Å². The molecule has 6 heteroatoms. The van der Waals surface area contributed by atoms with Gasteiger partial charge in [0.25, 0.3) is 0 Å². The van der Waals surface area contributed by atoms with Gasteiger partial charge in [0.1, 0.15) is 11.6 Å². The lowest BCUT2D eigenvalue weighted by molar-refractivity contribution is -0.121. The minimum atomic E-state index is 0.117. The summed E-state index contributed by atoms with van der Waals surface area (Å²) in [7, 11) is 0. The monoisotopic (exact) mass is 306 g/mol. The molecule has 2 aliphatic rings. The fourth-order valence-electron chi connectivity index (χ4n) is 3.30. The van der Waals surface area contributed by atoms with Gasteiger partial charge in [-0.2, -0.15) is 0 Å². The van der Waals surface area contributed by atoms with E-state index >= 15 is 0 Å². The van der Waals surface area contributed by atoms with Crippen molar-refractivity contribution in [1.82, 2.24) is 20.1 Å². The van der Waals surface area contributed by atoms with Crippen LogP contribution < -0.4 is 5.32 Å². The van der Waals surface area contributed by atoms with Gasteiger partial charge in [0.05, 0.1) is 6.10 Å². The minimum Gasteiger partial charge on any atom is -0.378 e. The van der Waals surface area contributed by atoms with E-state index in [1.54, 1.807) is 0 Å². The Morgan fingerprint density at radius 2 is 2.23 bits per heavy atom. The molecule has 0 spiro atoms. The maximum Gasteiger partial charge on any atom is 0.220 e. The number of amides is 1. The summed E-state index contributed by atoms with van der Waals surface area (Å²) in [5.74, 6) is 2.24. The van der Waals surface area contributed by atoms with Crippen LogP contribution in [0.1, 0.15) is 56.6 Å². The Morgan fingerprint density at radius 3 is 3.09 bits per heavy atom. The van der Waals surface area contributed by atoms with Crippen molar-refractivity contribution >= 4 is 5.91 Å². The largest absolute Gasteiger partial charge is 0.378 e. The van der Waals surface area contributed by atoms with Crippen LogP contribution in [-0.4, -0.2) is 39.9 Å². The number of aryl methyl sites for hydroxylation is 1. The molecule has 122 valence electrons. The molecule has 0 bridgehead atoms. The smallest absolute Gasteiger partial charge is 0.220 e. The number of nitrogens with one attached hydrogen (secondary N) is 1. The number of ether oxygens (including phenoxy) is 1. The molecule has 3 heterocycles. The van der Waals surface area contributed by atoms with Crippen molar-refractivity contribution in [2.75, 3.05) is 13.2 Å². The Morgan fingerprint density at radius 1 is 1.27 bits per heavy atom. The Balaban J connectivity index is 1.39. The Bertz CT molecular complexity index is 494. The van der Waals surface area contributed by atoms with Gasteiger partial charge in [-0.1, -0.05) is 6.42 Å². The van der Waals surface area contributed by atoms with E-state index < -0.39 is 0 Å². The maximum atomic E-state index is 11.9. The van der Waals surface area contributed by atoms with Crippen LogP contribution in [0, 0.1) is 0 Å². The summed E-state index contributed by atoms with van der Waals surface area (Å²) in [6.45, 7) is 2.51. The minimum absolute atomic E-state index is 0.117. The molecule has 22 heavy (non-hydrogen) atoms. The third kappa shape index (κ3) is 4.06. The third-order valence-corrected chi connectivity index (χ3v) is 4.57. The van der Waals surface area contributed by atoms with E-state index in [2.05, 4.69) is 20.1 Å². The van der Waals surface area contributed by atoms with E-state index in [9.17, 15) is 4.79 Å². The molecule has 1 aromatic rings. The predicted octanol–water partition coefficient (Wildman–Crippen LogP) is 1.62. The molecule has 1 aromatic heterocycles. The molecule has 1 atom stereocenters. The molecule has 6 nitrogen and oxygen atoms in total. The molecule has 0 unspecified atom stereocenters. The zero-order chi connectivity index (χ0) is 15.2. The first-order valence-electron chi connectivity index (χ1n) is 8.62. The molecule has 0 aromatic carbocycles. The summed E-state index contributed by atoms with van der Waals surface area (Å²) in [5.41, 5.74) is 0. The van der Waals surface area contributed by atoms with Crippen LogP contribution in [0.15, 0.2) is 0 Å². The topological polar surface area (TPSA) is 69.0 Å². The Hall–Kier alpha value is -1.43. The van der Waals surface area contributed by atoms with Crippen molar-refractivity contribution in [3.63, 3.8) is 0 Å². The first kappa shape index (κ1) is 15.5. The lowest BCUT2D eigenvalue weighted by atomic mass is 10.1. The maximum absolute atomic E-state index is 11.9. The first-order valence-corrected chi connectivity index (χ1v) is 8.62. The van der Waals surface area contributed by atoms with Crippen LogP contribution in [0.5, 0.6) is 0 Å². The second kappa shape index (κ2) is 7.72. The van der Waals surface area contributed by atoms with Crippen LogP contribution in [0.2, 0.25) is 0 Å². The fourth-order valence-corrected chi connectivity index (χ4v) is 3.30. The van der Waals surface area contributed by atoms with E-state index in [4.69, 9.17) is 4.74 Å². The quantitative estimate of drug-likeness (QED) is 0.867. The van der Waals surface area contributed by atoms with Crippen molar-refractivity contribution in [3.8, 4) is 0 Å². The number of rotatable bonds is 6. The lowest BCUT2D eigenvalue weighted by Gasteiger charge is -2.10. The number of carbonyl (C=O) groups excluding carboxylic acids is 1. The third-order valence-electron chi connectivity index (χ3n) is 4.57. The lowest BCUT2D eigenvalue weighted by Crippen LogP contribution is -2.27. The SMILES string of the molecule is O=C(CC[C@H]1CCCO1)NCCc1nnc2n1CCCCC2. The van der Waals surface area contributed by atoms with Gasteiger partial charge >= 0.3 is 0 Å². The number of hydrogen-bond acceptors (Lipinski definition) is 4. The predicted molar refractivity (Wildman–Crippen MR) is 82.5 cm³/mol. The second-order valence-electron chi connectivity index (χ2n) is 6.27. The van der Waals surface area contributed by atoms with Crippen LogP contribution in [0.25, 0.3) is 0 Å². The van der Waals surface area contributed by atoms with E-state index in [1.807, 2.05) is 0 Å². The van der Waals surface area contributed by atoms with Crippen LogP contribution in [0.4, 0.5) is 0 Å². The van der Waals surface area contributed by atoms with Crippen LogP contribution in [0.3, 0.4) is 0 Å². The second-order valence-corrected chi connectivity index (χ2v) is 6.27. The average molecular weight is 306 g/mol. The summed E-state index contributed by atoms with van der Waals surface area (Å²) < 4.78 is 7.78. The molecular weight excluding hydrogens is 280 g/mol. The molecule has 0 radical (unpaired) electrons. The summed E-state index contributed by atoms with van der Waals surface area (Å²) >= 11 is 0. The van der Waals surface area contributed by atoms with Crippen molar-refractivity contribution in [2.45, 2.75) is 70.4 Å². The summed E-state index contributed by atoms with van der Waals surface area (Å²) in [6.07, 6.45) is 9.38. The van der Waals surface area contributed by atoms with Gasteiger partial charge < -0.3 is 14.6 Å². The zero-order valence-corrected chi connectivity index (χ0v) is 13.2. The van der Waals surface area contributed by atoms with Gasteiger partial charge in [-0.3, -0.25) is 4.79 Å². The molecule has 1 amide bonds. The van der Waals surface area contributed by atoms with Gasteiger partial charge in [-0.15, -0.1) is 10.2 Å². The molecule has 2 aliphatic heterocycles. The standard InChI is InChI=1S/C16H26N4O2/c21-16(8-7-13-5-4-12-22-13)17-10-9-15-19-18-14-6-2-1-3-11-20(14)15/h13H,1-12H2,(H,17,21)/t13-/m1/s1. The molecule has 0 saturated carbocycles. The normalized spacial score (nSPS) is 21.4. The van der Waals surface area contributed by atoms with Gasteiger partial charge in [-0.05, 0) is 32.1 Å². The van der Waals surface area contributed by atoms with Crippen molar-refractivity contribution in [2.24, 2.45) is 0 Å². The van der Waals surface area contributed by atoms with Crippen LogP contribution >= 0.6 is 0 Å². The molecule has 0 aliphatic carbocycles. The fraction of sp³-hybridized carbons (Fsp3) is 0.812. The molecular formula is C16H26N4O2. The van der Waals surface area contributed by atoms with E-state index in [0.717, 1.165) is 56.9 Å². The number of fused-ring (bicyclic) bond motifs is 1. The summed E-state index contributed by atoms with van der Waals surface area (Å²) in [5, 5.41) is 11.6. The highest BCUT2D eigenvalue weighted by atomic mass is 16.5. The number of hydrogen-bond donors (Lipinski definition) is 1. The van der Waals surface area contributed by atoms with Crippen molar-refractivity contribution in [1.29, 1.82) is 0 Å². The summed E-state index contributed by atoms with van der Waals surface area (Å²) in [6, 6.07) is 0. The highest BCUT2D eigenvalue weighted by Crippen LogP contribution is 2.17. The van der Waals surface area contributed by atoms with Crippen molar-refractivity contribution < 1.29 is 9.53 Å². The first-order chi connectivity index (χ1) is 10.8. The molecule has 1 N–H and O–H groups in total. The molecule has 3 rings (SSSR count). The zero-order valence-electron chi connectivity index (χ0n) is 13.2. The number of nitrogens with zero attached hydrogens (tertiary/aromatic N) is 3. The highest BCUT2D eigenvalue weighted by molar-refractivity contribution is 5.75. The van der Waals surface area contributed by atoms with E-state index in [1.165, 1.54) is 19.3 Å². The van der Waals surface area contributed by atoms with Gasteiger partial charge in [0, 0.05) is 39.0 Å². The van der Waals surface area contributed by atoms with Crippen molar-refractivity contribution in [3.05, 3.63) is 11.6 Å². The summed E-state index contributed by atoms with van der Waals surface area (Å²) in [4.78, 5) is 11.9. The van der Waals surface area contributed by atoms with Gasteiger partial charge in [0.2, 0.25) is 5.91 Å². The highest BCUT2D eigenvalue weighted by Gasteiger charge is 2.17. The van der Waals surface area contributed by atoms with Gasteiger partial charge in [-0.25, -0.2) is 0 Å². The van der Waals surface area contributed by atoms with E-state index in [-0.39, 0.29) is 12.0 Å². The van der Waals surface area contributed by atoms with Crippen LogP contribution in [-0.2, 0) is 28.9 Å². The molecule has 1 saturated heterocycles. The Kier molecular flexibility index (Phi) is 5.43. The average Bonchev–Trinajstić information content (AvgIpc) is 3.11. The number of carbonyl (C=O) groups is 1. The van der Waals surface area contributed by atoms with E-state index in [0.29, 0.717) is 13.0 Å². The molecule has 1 fully saturated rings.